The molecule has 0 unspecified atom stereocenters. The summed E-state index contributed by atoms with van der Waals surface area (Å²) in [7, 11) is 0. The SMILES string of the molecule is CCCCCOc1cc(C)ccc1CN=C(NCC)NCCCCn1cnnc1.I. The van der Waals surface area contributed by atoms with Crippen molar-refractivity contribution in [3.05, 3.63) is 42.0 Å². The fourth-order valence-electron chi connectivity index (χ4n) is 2.93. The summed E-state index contributed by atoms with van der Waals surface area (Å²) in [4.78, 5) is 4.76. The molecule has 0 aliphatic heterocycles. The van der Waals surface area contributed by atoms with Crippen LogP contribution in [0.25, 0.3) is 0 Å². The summed E-state index contributed by atoms with van der Waals surface area (Å²) in [6.07, 6.45) is 9.12. The molecular weight excluding hydrogens is 491 g/mol. The fraction of sp³-hybridized carbons (Fsp3) is 0.591. The van der Waals surface area contributed by atoms with Crippen molar-refractivity contribution >= 4 is 29.9 Å². The molecule has 1 aromatic carbocycles. The predicted octanol–water partition coefficient (Wildman–Crippen LogP) is 4.31. The van der Waals surface area contributed by atoms with Gasteiger partial charge in [-0.3, -0.25) is 0 Å². The first-order valence-corrected chi connectivity index (χ1v) is 10.8. The largest absolute Gasteiger partial charge is 0.493 e. The number of nitrogens with zero attached hydrogens (tertiary/aromatic N) is 4. The molecule has 8 heteroatoms. The average Bonchev–Trinajstić information content (AvgIpc) is 3.23. The Morgan fingerprint density at radius 1 is 1.07 bits per heavy atom. The molecule has 0 amide bonds. The molecular formula is C22H37IN6O. The van der Waals surface area contributed by atoms with Gasteiger partial charge in [0, 0.05) is 25.2 Å². The van der Waals surface area contributed by atoms with Crippen molar-refractivity contribution in [1.82, 2.24) is 25.4 Å². The van der Waals surface area contributed by atoms with Gasteiger partial charge in [0.25, 0.3) is 0 Å². The molecule has 0 saturated carbocycles. The minimum atomic E-state index is 0. The molecule has 30 heavy (non-hydrogen) atoms. The van der Waals surface area contributed by atoms with E-state index >= 15 is 0 Å². The van der Waals surface area contributed by atoms with Gasteiger partial charge in [-0.1, -0.05) is 31.9 Å². The molecule has 0 bridgehead atoms. The van der Waals surface area contributed by atoms with Crippen molar-refractivity contribution in [2.45, 2.75) is 66.0 Å². The van der Waals surface area contributed by atoms with Gasteiger partial charge >= 0.3 is 0 Å². The van der Waals surface area contributed by atoms with Crippen molar-refractivity contribution in [2.75, 3.05) is 19.7 Å². The van der Waals surface area contributed by atoms with E-state index in [-0.39, 0.29) is 24.0 Å². The summed E-state index contributed by atoms with van der Waals surface area (Å²) in [6.45, 7) is 10.4. The van der Waals surface area contributed by atoms with Crippen LogP contribution in [0, 0.1) is 6.92 Å². The number of rotatable bonds is 13. The summed E-state index contributed by atoms with van der Waals surface area (Å²) in [5.41, 5.74) is 2.33. The Kier molecular flexibility index (Phi) is 13.9. The van der Waals surface area contributed by atoms with Crippen LogP contribution in [0.4, 0.5) is 0 Å². The molecule has 0 aliphatic rings. The second-order valence-corrected chi connectivity index (χ2v) is 7.20. The molecule has 0 radical (unpaired) electrons. The third-order valence-corrected chi connectivity index (χ3v) is 4.58. The van der Waals surface area contributed by atoms with Crippen LogP contribution in [-0.2, 0) is 13.1 Å². The second kappa shape index (κ2) is 15.9. The Bertz CT molecular complexity index is 720. The first-order chi connectivity index (χ1) is 14.2. The molecule has 1 aromatic heterocycles. The molecule has 168 valence electrons. The Morgan fingerprint density at radius 2 is 1.87 bits per heavy atom. The zero-order chi connectivity index (χ0) is 20.7. The standard InChI is InChI=1S/C22H36N6O.HI/c1-4-6-9-14-29-21-15-19(3)10-11-20(21)16-25-22(23-5-2)24-12-7-8-13-28-17-26-27-18-28;/h10-11,15,17-18H,4-9,12-14,16H2,1-3H3,(H2,23,24,25);1H. The minimum Gasteiger partial charge on any atom is -0.493 e. The number of aliphatic imine (C=N–C) groups is 1. The highest BCUT2D eigenvalue weighted by Gasteiger charge is 2.05. The first kappa shape index (κ1) is 26.2. The van der Waals surface area contributed by atoms with Gasteiger partial charge in [0.1, 0.15) is 18.4 Å². The van der Waals surface area contributed by atoms with Crippen LogP contribution < -0.4 is 15.4 Å². The number of hydrogen-bond donors (Lipinski definition) is 2. The summed E-state index contributed by atoms with van der Waals surface area (Å²) in [5.74, 6) is 1.80. The van der Waals surface area contributed by atoms with Gasteiger partial charge in [-0.15, -0.1) is 34.2 Å². The normalized spacial score (nSPS) is 11.1. The van der Waals surface area contributed by atoms with Crippen LogP contribution in [0.15, 0.2) is 35.8 Å². The quantitative estimate of drug-likeness (QED) is 0.175. The van der Waals surface area contributed by atoms with E-state index in [2.05, 4.69) is 59.8 Å². The van der Waals surface area contributed by atoms with Gasteiger partial charge < -0.3 is 19.9 Å². The number of nitrogens with one attached hydrogen (secondary N) is 2. The molecule has 2 rings (SSSR count). The third-order valence-electron chi connectivity index (χ3n) is 4.58. The Morgan fingerprint density at radius 3 is 2.60 bits per heavy atom. The van der Waals surface area contributed by atoms with E-state index in [4.69, 9.17) is 9.73 Å². The van der Waals surface area contributed by atoms with Gasteiger partial charge in [0.05, 0.1) is 13.2 Å². The molecule has 7 nitrogen and oxygen atoms in total. The van der Waals surface area contributed by atoms with E-state index in [0.717, 1.165) is 62.8 Å². The lowest BCUT2D eigenvalue weighted by Crippen LogP contribution is -2.37. The van der Waals surface area contributed by atoms with Crippen molar-refractivity contribution in [2.24, 2.45) is 4.99 Å². The first-order valence-electron chi connectivity index (χ1n) is 10.8. The molecule has 0 aliphatic carbocycles. The smallest absolute Gasteiger partial charge is 0.191 e. The van der Waals surface area contributed by atoms with E-state index in [1.165, 1.54) is 18.4 Å². The Balaban J connectivity index is 0.00000450. The van der Waals surface area contributed by atoms with Gasteiger partial charge in [-0.2, -0.15) is 0 Å². The number of aryl methyl sites for hydroxylation is 2. The van der Waals surface area contributed by atoms with Gasteiger partial charge in [-0.25, -0.2) is 4.99 Å². The van der Waals surface area contributed by atoms with Gasteiger partial charge in [0.15, 0.2) is 5.96 Å². The number of benzene rings is 1. The second-order valence-electron chi connectivity index (χ2n) is 7.20. The van der Waals surface area contributed by atoms with E-state index in [0.29, 0.717) is 6.54 Å². The molecule has 0 spiro atoms. The van der Waals surface area contributed by atoms with Crippen LogP contribution in [0.2, 0.25) is 0 Å². The number of guanidine groups is 1. The Hall–Kier alpha value is -1.84. The maximum Gasteiger partial charge on any atom is 0.191 e. The summed E-state index contributed by atoms with van der Waals surface area (Å²) >= 11 is 0. The van der Waals surface area contributed by atoms with Crippen molar-refractivity contribution < 1.29 is 4.74 Å². The predicted molar refractivity (Wildman–Crippen MR) is 134 cm³/mol. The minimum absolute atomic E-state index is 0. The molecule has 2 N–H and O–H groups in total. The van der Waals surface area contributed by atoms with Gasteiger partial charge in [-0.05, 0) is 44.7 Å². The number of hydrogen-bond acceptors (Lipinski definition) is 4. The van der Waals surface area contributed by atoms with E-state index < -0.39 is 0 Å². The monoisotopic (exact) mass is 528 g/mol. The lowest BCUT2D eigenvalue weighted by atomic mass is 10.1. The molecule has 0 saturated heterocycles. The summed E-state index contributed by atoms with van der Waals surface area (Å²) in [5, 5.41) is 14.4. The zero-order valence-corrected chi connectivity index (χ0v) is 20.9. The van der Waals surface area contributed by atoms with Crippen LogP contribution >= 0.6 is 24.0 Å². The maximum atomic E-state index is 6.04. The molecule has 2 aromatic rings. The molecule has 0 fully saturated rings. The third kappa shape index (κ3) is 10.3. The molecule has 0 atom stereocenters. The maximum absolute atomic E-state index is 6.04. The number of unbranched alkanes of at least 4 members (excludes halogenated alkanes) is 3. The lowest BCUT2D eigenvalue weighted by molar-refractivity contribution is 0.303. The van der Waals surface area contributed by atoms with Crippen LogP contribution in [-0.4, -0.2) is 40.4 Å². The lowest BCUT2D eigenvalue weighted by Gasteiger charge is -2.14. The highest BCUT2D eigenvalue weighted by Crippen LogP contribution is 2.21. The van der Waals surface area contributed by atoms with Gasteiger partial charge in [0.2, 0.25) is 0 Å². The highest BCUT2D eigenvalue weighted by molar-refractivity contribution is 14.0. The average molecular weight is 528 g/mol. The van der Waals surface area contributed by atoms with E-state index in [1.54, 1.807) is 12.7 Å². The van der Waals surface area contributed by atoms with Crippen molar-refractivity contribution in [3.63, 3.8) is 0 Å². The number of ether oxygens (including phenoxy) is 1. The van der Waals surface area contributed by atoms with Crippen LogP contribution in [0.1, 0.15) is 57.1 Å². The number of aromatic nitrogens is 3. The van der Waals surface area contributed by atoms with E-state index in [9.17, 15) is 0 Å². The van der Waals surface area contributed by atoms with Crippen LogP contribution in [0.5, 0.6) is 5.75 Å². The van der Waals surface area contributed by atoms with Crippen LogP contribution in [0.3, 0.4) is 0 Å². The molecule has 1 heterocycles. The van der Waals surface area contributed by atoms with Crippen molar-refractivity contribution in [3.8, 4) is 5.75 Å². The van der Waals surface area contributed by atoms with Crippen molar-refractivity contribution in [1.29, 1.82) is 0 Å². The Labute approximate surface area is 198 Å². The fourth-order valence-corrected chi connectivity index (χ4v) is 2.93. The summed E-state index contributed by atoms with van der Waals surface area (Å²) < 4.78 is 8.04. The number of halogens is 1. The van der Waals surface area contributed by atoms with E-state index in [1.807, 2.05) is 4.57 Å². The highest BCUT2D eigenvalue weighted by atomic mass is 127. The topological polar surface area (TPSA) is 76.4 Å². The summed E-state index contributed by atoms with van der Waals surface area (Å²) in [6, 6.07) is 6.36. The zero-order valence-electron chi connectivity index (χ0n) is 18.6.